The molecule has 0 aliphatic heterocycles. The Bertz CT molecular complexity index is 6620. The Labute approximate surface area is 875 Å². The molecule has 0 aliphatic rings. The standard InChI is InChI=1S/C18H18ClNO7.C18H18ClNO6.C17H16ClNO6.C17H16ClNO5.2C16H14ClNO5/c1-11-3-4-16(14(19)5-11)26-10-18(22)27-9-13-7-17(25-2)12(8-21)6-15(13)20(23)24;1-13-6-7-17(15(19)10-13)26-12-18(21)25-9-8-24-11-14-4-2-3-5-16(14)20(22)23;1-12-6-7-15(13(18)10-12)25-11-17(20)24-9-8-23-16-5-3-2-4-14(16)19(21)22;1-12-6-7-16(14(18)10-12)24-11-17(20)23-9-8-13-4-2-3-5-15(13)19(21)22;1-11-5-6-15(14(17)7-11)22-10-16(19)23-9-12-3-2-4-13(8-12)18(20)21;1-11-6-7-15(13(17)8-11)22-10-16(19)23-9-12-4-2-3-5-14(12)18(20)21/h3-7,21H,8-10H2,1-2H3;2-7,10H,8-9,11-12H2,1H3;2-7,10H,8-9,11H2,1H3;2-7,10H,8-9,11H2,1H3;2*2-8H,9-10H2,1H3. The largest absolute Gasteiger partial charge is 0.496 e. The van der Waals surface area contributed by atoms with Gasteiger partial charge < -0.3 is 76.2 Å². The topological polar surface area (TPSA) is 520 Å². The summed E-state index contributed by atoms with van der Waals surface area (Å²) in [5.74, 6) is -0.991. The molecule has 0 amide bonds. The maximum Gasteiger partial charge on any atom is 0.344 e. The summed E-state index contributed by atoms with van der Waals surface area (Å²) in [6, 6.07) is 64.3. The van der Waals surface area contributed by atoms with Crippen LogP contribution in [0.3, 0.4) is 0 Å². The predicted octanol–water partition coefficient (Wildman–Crippen LogP) is 21.5. The molecule has 0 atom stereocenters. The summed E-state index contributed by atoms with van der Waals surface area (Å²) in [7, 11) is 1.37. The fraction of sp³-hybridized carbons (Fsp3) is 0.235. The minimum Gasteiger partial charge on any atom is -0.496 e. The average Bonchev–Trinajstić information content (AvgIpc) is 0.820. The van der Waals surface area contributed by atoms with Crippen molar-refractivity contribution in [1.82, 2.24) is 0 Å². The van der Waals surface area contributed by atoms with Gasteiger partial charge in [0.05, 0.1) is 110 Å². The molecule has 1 N–H and O–H groups in total. The quantitative estimate of drug-likeness (QED) is 0.0122. The SMILES string of the molecule is COc1cc(COC(=O)COc2ccc(C)cc2Cl)c([N+](=O)[O-])cc1CO.Cc1ccc(OCC(=O)OCCOCc2ccccc2[N+](=O)[O-])c(Cl)c1.Cc1ccc(OCC(=O)OCCOc2ccccc2[N+](=O)[O-])c(Cl)c1.Cc1ccc(OCC(=O)OCCc2ccccc2[N+](=O)[O-])c(Cl)c1.Cc1ccc(OCC(=O)OCc2cccc([N+](=O)[O-])c2)c(Cl)c1.Cc1ccc(OCC(=O)OCc2ccccc2[N+](=O)[O-])c(Cl)c1. The zero-order chi connectivity index (χ0) is 108. The lowest BCUT2D eigenvalue weighted by atomic mass is 10.1. The number of non-ortho nitro benzene ring substituents is 1. The van der Waals surface area contributed by atoms with Crippen LogP contribution >= 0.6 is 69.6 Å². The number of esters is 6. The van der Waals surface area contributed by atoms with Crippen molar-refractivity contribution in [3.05, 3.63) is 400 Å². The van der Waals surface area contributed by atoms with E-state index in [-0.39, 0.29) is 156 Å². The molecule has 0 aromatic heterocycles. The molecular formula is C102H96Cl6N6O34. The van der Waals surface area contributed by atoms with Gasteiger partial charge in [-0.1, -0.05) is 173 Å². The lowest BCUT2D eigenvalue weighted by molar-refractivity contribution is -0.386. The van der Waals surface area contributed by atoms with E-state index >= 15 is 0 Å². The number of carbonyl (C=O) groups is 6. The van der Waals surface area contributed by atoms with Crippen LogP contribution in [-0.4, -0.2) is 150 Å². The van der Waals surface area contributed by atoms with E-state index in [2.05, 4.69) is 0 Å². The number of methoxy groups -OCH3 is 1. The number of hydrogen-bond acceptors (Lipinski definition) is 34. The molecule has 0 heterocycles. The number of rotatable bonds is 44. The number of nitrogens with zero attached hydrogens (tertiary/aromatic N) is 6. The molecule has 0 fully saturated rings. The van der Waals surface area contributed by atoms with Crippen LogP contribution in [0.1, 0.15) is 66.8 Å². The summed E-state index contributed by atoms with van der Waals surface area (Å²) in [6.07, 6.45) is 0.258. The Morgan fingerprint density at radius 2 is 0.574 bits per heavy atom. The van der Waals surface area contributed by atoms with Crippen LogP contribution in [0.15, 0.2) is 243 Å². The summed E-state index contributed by atoms with van der Waals surface area (Å²) < 4.78 is 77.4. The number of aliphatic hydroxyl groups excluding tert-OH is 1. The van der Waals surface area contributed by atoms with Crippen molar-refractivity contribution >= 4 is 140 Å². The molecule has 12 rings (SSSR count). The van der Waals surface area contributed by atoms with Crippen molar-refractivity contribution in [1.29, 1.82) is 0 Å². The molecule has 0 unspecified atom stereocenters. The summed E-state index contributed by atoms with van der Waals surface area (Å²) in [4.78, 5) is 132. The number of halogens is 6. The third-order valence-electron chi connectivity index (χ3n) is 19.4. The Kier molecular flexibility index (Phi) is 50.3. The first-order valence-electron chi connectivity index (χ1n) is 43.8. The van der Waals surface area contributed by atoms with E-state index in [9.17, 15) is 94.6 Å². The number of carbonyl (C=O) groups excluding carboxylic acids is 6. The van der Waals surface area contributed by atoms with E-state index in [1.807, 2.05) is 65.8 Å². The van der Waals surface area contributed by atoms with Gasteiger partial charge in [0.15, 0.2) is 45.4 Å². The van der Waals surface area contributed by atoms with Crippen molar-refractivity contribution in [3.63, 3.8) is 0 Å². The maximum atomic E-state index is 11.9. The fourth-order valence-electron chi connectivity index (χ4n) is 12.1. The van der Waals surface area contributed by atoms with E-state index in [1.54, 1.807) is 152 Å². The number of benzene rings is 12. The first-order chi connectivity index (χ1) is 70.7. The van der Waals surface area contributed by atoms with Crippen LogP contribution in [0.5, 0.6) is 46.0 Å². The average molecular weight is 2160 g/mol. The molecule has 0 aliphatic carbocycles. The lowest BCUT2D eigenvalue weighted by Crippen LogP contribution is -2.18. The normalized spacial score (nSPS) is 10.3. The molecular weight excluding hydrogens is 2070 g/mol. The van der Waals surface area contributed by atoms with E-state index in [0.717, 1.165) is 33.4 Å². The van der Waals surface area contributed by atoms with Crippen LogP contribution in [0.25, 0.3) is 0 Å². The second kappa shape index (κ2) is 62.6. The van der Waals surface area contributed by atoms with Crippen molar-refractivity contribution in [3.8, 4) is 46.0 Å². The third-order valence-corrected chi connectivity index (χ3v) is 21.1. The highest BCUT2D eigenvalue weighted by Crippen LogP contribution is 2.35. The second-order valence-corrected chi connectivity index (χ2v) is 33.1. The highest BCUT2D eigenvalue weighted by atomic mass is 35.5. The Morgan fingerprint density at radius 3 is 0.926 bits per heavy atom. The number of aliphatic hydroxyl groups is 1. The van der Waals surface area contributed by atoms with Gasteiger partial charge in [-0.2, -0.15) is 0 Å². The van der Waals surface area contributed by atoms with Crippen LogP contribution in [0.2, 0.25) is 30.1 Å². The van der Waals surface area contributed by atoms with E-state index in [4.69, 9.17) is 141 Å². The smallest absolute Gasteiger partial charge is 0.344 e. The van der Waals surface area contributed by atoms with Crippen molar-refractivity contribution in [2.75, 3.05) is 79.8 Å². The van der Waals surface area contributed by atoms with Gasteiger partial charge in [0.2, 0.25) is 0 Å². The van der Waals surface area contributed by atoms with Crippen LogP contribution < -0.4 is 37.9 Å². The van der Waals surface area contributed by atoms with Crippen LogP contribution in [-0.2, 0) is 101 Å². The molecule has 0 bridgehead atoms. The van der Waals surface area contributed by atoms with Gasteiger partial charge in [-0.3, -0.25) is 60.7 Å². The Hall–Kier alpha value is -16.1. The minimum absolute atomic E-state index is 0.00660. The van der Waals surface area contributed by atoms with Gasteiger partial charge in [-0.25, -0.2) is 28.8 Å². The molecule has 780 valence electrons. The summed E-state index contributed by atoms with van der Waals surface area (Å²) in [6.45, 7) is 8.59. The molecule has 0 saturated carbocycles. The minimum atomic E-state index is -0.717. The summed E-state index contributed by atoms with van der Waals surface area (Å²) in [5, 5.41) is 77.1. The first kappa shape index (κ1) is 119. The third kappa shape index (κ3) is 42.3. The van der Waals surface area contributed by atoms with Gasteiger partial charge in [-0.15, -0.1) is 0 Å². The molecule has 0 radical (unpaired) electrons. The number of hydrogen-bond donors (Lipinski definition) is 1. The zero-order valence-electron chi connectivity index (χ0n) is 80.0. The summed E-state index contributed by atoms with van der Waals surface area (Å²) >= 11 is 36.0. The highest BCUT2D eigenvalue weighted by molar-refractivity contribution is 6.34. The van der Waals surface area contributed by atoms with E-state index < -0.39 is 78.6 Å². The molecule has 0 saturated heterocycles. The van der Waals surface area contributed by atoms with Gasteiger partial charge in [0.1, 0.15) is 79.9 Å². The number of nitro groups is 6. The van der Waals surface area contributed by atoms with Crippen molar-refractivity contribution in [2.24, 2.45) is 0 Å². The second-order valence-electron chi connectivity index (χ2n) is 30.6. The molecule has 12 aromatic rings. The van der Waals surface area contributed by atoms with E-state index in [0.29, 0.717) is 86.9 Å². The summed E-state index contributed by atoms with van der Waals surface area (Å²) in [5.41, 5.74) is 7.49. The van der Waals surface area contributed by atoms with Crippen LogP contribution in [0, 0.1) is 102 Å². The predicted molar refractivity (Wildman–Crippen MR) is 542 cm³/mol. The first-order valence-corrected chi connectivity index (χ1v) is 46.0. The maximum absolute atomic E-state index is 11.9. The number of ether oxygens (including phenoxy) is 15. The molecule has 148 heavy (non-hydrogen) atoms. The van der Waals surface area contributed by atoms with Gasteiger partial charge >= 0.3 is 41.5 Å². The number of aryl methyl sites for hydroxylation is 6. The molecule has 46 heteroatoms. The number of para-hydroxylation sites is 5. The number of nitro benzene ring substituents is 6. The van der Waals surface area contributed by atoms with Gasteiger partial charge in [0, 0.05) is 60.0 Å². The molecule has 12 aromatic carbocycles. The highest BCUT2D eigenvalue weighted by Gasteiger charge is 2.24. The lowest BCUT2D eigenvalue weighted by Gasteiger charge is -2.11. The molecule has 0 spiro atoms. The monoisotopic (exact) mass is 2160 g/mol. The van der Waals surface area contributed by atoms with Crippen molar-refractivity contribution < 1.29 is 134 Å². The Balaban J connectivity index is 0.000000241. The molecule has 40 nitrogen and oxygen atoms in total. The van der Waals surface area contributed by atoms with E-state index in [1.165, 1.54) is 73.8 Å². The Morgan fingerprint density at radius 1 is 0.264 bits per heavy atom. The zero-order valence-corrected chi connectivity index (χ0v) is 84.5. The van der Waals surface area contributed by atoms with Gasteiger partial charge in [-0.05, 0) is 178 Å². The van der Waals surface area contributed by atoms with Crippen molar-refractivity contribution in [2.45, 2.75) is 81.0 Å². The fourth-order valence-corrected chi connectivity index (χ4v) is 13.9. The van der Waals surface area contributed by atoms with Gasteiger partial charge in [0.25, 0.3) is 28.4 Å². The van der Waals surface area contributed by atoms with Crippen LogP contribution in [0.4, 0.5) is 34.1 Å².